The minimum Gasteiger partial charge on any atom is -0.481 e. The van der Waals surface area contributed by atoms with E-state index in [1.54, 1.807) is 19.2 Å². The van der Waals surface area contributed by atoms with Crippen molar-refractivity contribution >= 4 is 35.3 Å². The maximum atomic E-state index is 14.2. The smallest absolute Gasteiger partial charge is 0.323 e. The molecule has 1 saturated carbocycles. The van der Waals surface area contributed by atoms with E-state index in [2.05, 4.69) is 5.32 Å². The molecule has 1 aromatic rings. The molecule has 1 aromatic carbocycles. The molecule has 220 valence electrons. The summed E-state index contributed by atoms with van der Waals surface area (Å²) < 4.78 is 0. The molecule has 40 heavy (non-hydrogen) atoms. The predicted octanol–water partition coefficient (Wildman–Crippen LogP) is 2.30. The highest BCUT2D eigenvalue weighted by Crippen LogP contribution is 2.46. The average Bonchev–Trinajstić information content (AvgIpc) is 3.30. The molecule has 11 nitrogen and oxygen atoms in total. The largest absolute Gasteiger partial charge is 0.481 e. The van der Waals surface area contributed by atoms with Crippen molar-refractivity contribution in [1.29, 1.82) is 0 Å². The summed E-state index contributed by atoms with van der Waals surface area (Å²) in [5.74, 6) is -4.81. The van der Waals surface area contributed by atoms with Gasteiger partial charge in [0.1, 0.15) is 12.6 Å². The number of aryl methyl sites for hydroxylation is 1. The van der Waals surface area contributed by atoms with E-state index in [-0.39, 0.29) is 25.2 Å². The van der Waals surface area contributed by atoms with Crippen molar-refractivity contribution in [2.75, 3.05) is 46.1 Å². The first kappa shape index (κ1) is 31.1. The molecule has 2 unspecified atom stereocenters. The van der Waals surface area contributed by atoms with Gasteiger partial charge in [-0.15, -0.1) is 0 Å². The first-order chi connectivity index (χ1) is 18.9. The van der Waals surface area contributed by atoms with Gasteiger partial charge in [-0.3, -0.25) is 24.0 Å². The SMILES string of the molecule is CN(C)CCCN(C)C(=O)CC(CC1(C(=O)N(CC(=O)O)C2CCc3ccccc3NC2=O)CCCC1)C(=O)O. The second-order valence-electron chi connectivity index (χ2n) is 11.4. The Kier molecular flexibility index (Phi) is 10.7. The number of carbonyl (C=O) groups is 5. The Morgan fingerprint density at radius 2 is 1.73 bits per heavy atom. The third-order valence-corrected chi connectivity index (χ3v) is 8.15. The summed E-state index contributed by atoms with van der Waals surface area (Å²) in [4.78, 5) is 69.3. The highest BCUT2D eigenvalue weighted by Gasteiger charge is 2.49. The van der Waals surface area contributed by atoms with Crippen LogP contribution in [0.2, 0.25) is 0 Å². The Bertz CT molecular complexity index is 1100. The van der Waals surface area contributed by atoms with Gasteiger partial charge in [0.25, 0.3) is 0 Å². The highest BCUT2D eigenvalue weighted by atomic mass is 16.4. The number of nitrogens with zero attached hydrogens (tertiary/aromatic N) is 3. The lowest BCUT2D eigenvalue weighted by molar-refractivity contribution is -0.157. The number of aliphatic carboxylic acids is 2. The van der Waals surface area contributed by atoms with Crippen LogP contribution in [-0.4, -0.2) is 101 Å². The van der Waals surface area contributed by atoms with Crippen molar-refractivity contribution < 1.29 is 34.2 Å². The van der Waals surface area contributed by atoms with Crippen molar-refractivity contribution in [3.63, 3.8) is 0 Å². The fraction of sp³-hybridized carbons (Fsp3) is 0.621. The van der Waals surface area contributed by atoms with Gasteiger partial charge in [0, 0.05) is 25.7 Å². The number of para-hydroxylation sites is 1. The molecular formula is C29H42N4O7. The molecule has 0 saturated heterocycles. The molecule has 0 radical (unpaired) electrons. The number of carbonyl (C=O) groups excluding carboxylic acids is 3. The first-order valence-electron chi connectivity index (χ1n) is 14.0. The van der Waals surface area contributed by atoms with Crippen LogP contribution >= 0.6 is 0 Å². The number of anilines is 1. The topological polar surface area (TPSA) is 148 Å². The van der Waals surface area contributed by atoms with Gasteiger partial charge in [-0.2, -0.15) is 0 Å². The fourth-order valence-corrected chi connectivity index (χ4v) is 5.96. The fourth-order valence-electron chi connectivity index (χ4n) is 5.96. The second-order valence-corrected chi connectivity index (χ2v) is 11.4. The Morgan fingerprint density at radius 3 is 2.35 bits per heavy atom. The lowest BCUT2D eigenvalue weighted by Crippen LogP contribution is -2.54. The van der Waals surface area contributed by atoms with Gasteiger partial charge in [0.05, 0.1) is 11.3 Å². The normalized spacial score (nSPS) is 18.8. The minimum absolute atomic E-state index is 0.0802. The van der Waals surface area contributed by atoms with E-state index in [1.807, 2.05) is 31.1 Å². The van der Waals surface area contributed by atoms with Gasteiger partial charge in [-0.1, -0.05) is 31.0 Å². The van der Waals surface area contributed by atoms with Crippen LogP contribution < -0.4 is 5.32 Å². The zero-order chi connectivity index (χ0) is 29.4. The average molecular weight is 559 g/mol. The third kappa shape index (κ3) is 7.80. The molecule has 2 atom stereocenters. The Labute approximate surface area is 235 Å². The van der Waals surface area contributed by atoms with E-state index in [4.69, 9.17) is 0 Å². The monoisotopic (exact) mass is 558 g/mol. The zero-order valence-electron chi connectivity index (χ0n) is 23.7. The van der Waals surface area contributed by atoms with Crippen LogP contribution in [0.4, 0.5) is 5.69 Å². The molecule has 0 aromatic heterocycles. The molecular weight excluding hydrogens is 516 g/mol. The van der Waals surface area contributed by atoms with Crippen molar-refractivity contribution in [3.05, 3.63) is 29.8 Å². The van der Waals surface area contributed by atoms with E-state index in [1.165, 1.54) is 4.90 Å². The van der Waals surface area contributed by atoms with Gasteiger partial charge in [-0.25, -0.2) is 0 Å². The summed E-state index contributed by atoms with van der Waals surface area (Å²) in [7, 11) is 5.52. The van der Waals surface area contributed by atoms with Crippen LogP contribution in [0, 0.1) is 11.3 Å². The van der Waals surface area contributed by atoms with Crippen molar-refractivity contribution in [2.45, 2.75) is 63.8 Å². The number of carboxylic acids is 2. The van der Waals surface area contributed by atoms with E-state index in [0.717, 1.165) is 23.4 Å². The van der Waals surface area contributed by atoms with Gasteiger partial charge in [0.2, 0.25) is 17.7 Å². The van der Waals surface area contributed by atoms with Gasteiger partial charge in [-0.05, 0) is 70.8 Å². The van der Waals surface area contributed by atoms with Crippen LogP contribution in [0.25, 0.3) is 0 Å². The van der Waals surface area contributed by atoms with Gasteiger partial charge >= 0.3 is 11.9 Å². The third-order valence-electron chi connectivity index (χ3n) is 8.15. The summed E-state index contributed by atoms with van der Waals surface area (Å²) in [6.45, 7) is 0.607. The molecule has 3 N–H and O–H groups in total. The summed E-state index contributed by atoms with van der Waals surface area (Å²) in [5.41, 5.74) is 0.380. The summed E-state index contributed by atoms with van der Waals surface area (Å²) in [5, 5.41) is 22.6. The number of rotatable bonds is 13. The van der Waals surface area contributed by atoms with E-state index in [0.29, 0.717) is 44.3 Å². The molecule has 3 rings (SSSR count). The molecule has 0 bridgehead atoms. The zero-order valence-corrected chi connectivity index (χ0v) is 23.7. The number of amides is 3. The number of nitrogens with one attached hydrogen (secondary N) is 1. The molecule has 1 aliphatic carbocycles. The highest BCUT2D eigenvalue weighted by molar-refractivity contribution is 6.00. The molecule has 0 spiro atoms. The number of fused-ring (bicyclic) bond motifs is 1. The Morgan fingerprint density at radius 1 is 1.05 bits per heavy atom. The van der Waals surface area contributed by atoms with Crippen molar-refractivity contribution in [3.8, 4) is 0 Å². The molecule has 11 heteroatoms. The summed E-state index contributed by atoms with van der Waals surface area (Å²) in [6, 6.07) is 6.28. The van der Waals surface area contributed by atoms with Gasteiger partial charge < -0.3 is 30.2 Å². The van der Waals surface area contributed by atoms with Crippen LogP contribution in [0.5, 0.6) is 0 Å². The van der Waals surface area contributed by atoms with E-state index >= 15 is 0 Å². The number of benzene rings is 1. The minimum atomic E-state index is -1.25. The maximum Gasteiger partial charge on any atom is 0.323 e. The Balaban J connectivity index is 1.82. The summed E-state index contributed by atoms with van der Waals surface area (Å²) >= 11 is 0. The maximum absolute atomic E-state index is 14.2. The van der Waals surface area contributed by atoms with Crippen molar-refractivity contribution in [1.82, 2.24) is 14.7 Å². The standard InChI is InChI=1S/C29H42N4O7/c1-31(2)15-8-16-32(3)24(34)17-21(27(38)39)18-29(13-6-7-14-29)28(40)33(19-25(35)36)23-12-11-20-9-4-5-10-22(20)30-26(23)37/h4-5,9-10,21,23H,6-8,11-19H2,1-3H3,(H,30,37)(H,35,36)(H,38,39). The predicted molar refractivity (Wildman–Crippen MR) is 149 cm³/mol. The van der Waals surface area contributed by atoms with Crippen LogP contribution in [0.1, 0.15) is 56.9 Å². The lowest BCUT2D eigenvalue weighted by atomic mass is 9.75. The first-order valence-corrected chi connectivity index (χ1v) is 14.0. The number of carboxylic acid groups (broad SMARTS) is 2. The van der Waals surface area contributed by atoms with Crippen LogP contribution in [-0.2, 0) is 30.4 Å². The summed E-state index contributed by atoms with van der Waals surface area (Å²) in [6.07, 6.45) is 3.26. The van der Waals surface area contributed by atoms with Crippen molar-refractivity contribution in [2.24, 2.45) is 11.3 Å². The molecule has 1 fully saturated rings. The quantitative estimate of drug-likeness (QED) is 0.334. The lowest BCUT2D eigenvalue weighted by Gasteiger charge is -2.38. The Hall–Kier alpha value is -3.47. The van der Waals surface area contributed by atoms with Crippen LogP contribution in [0.3, 0.4) is 0 Å². The van der Waals surface area contributed by atoms with E-state index in [9.17, 15) is 34.2 Å². The number of hydrogen-bond donors (Lipinski definition) is 3. The molecule has 3 amide bonds. The van der Waals surface area contributed by atoms with Crippen LogP contribution in [0.15, 0.2) is 24.3 Å². The second kappa shape index (κ2) is 13.7. The molecule has 2 aliphatic rings. The number of hydrogen-bond acceptors (Lipinski definition) is 6. The molecule has 1 aliphatic heterocycles. The van der Waals surface area contributed by atoms with Gasteiger partial charge in [0.15, 0.2) is 0 Å². The molecule has 1 heterocycles. The van der Waals surface area contributed by atoms with E-state index < -0.39 is 47.7 Å².